The molecule has 0 aliphatic carbocycles. The molecule has 1 fully saturated rings. The molecule has 1 aromatic rings. The SMILES string of the molecule is CNCc1nccc(C2CCCN(C)C2)n1. The molecule has 0 amide bonds. The van der Waals surface area contributed by atoms with Crippen LogP contribution in [-0.4, -0.2) is 42.1 Å². The topological polar surface area (TPSA) is 41.1 Å². The second-order valence-corrected chi connectivity index (χ2v) is 4.53. The first kappa shape index (κ1) is 11.5. The van der Waals surface area contributed by atoms with Crippen LogP contribution in [0.2, 0.25) is 0 Å². The number of hydrogen-bond donors (Lipinski definition) is 1. The van der Waals surface area contributed by atoms with E-state index in [2.05, 4.69) is 33.3 Å². The molecule has 2 heterocycles. The predicted octanol–water partition coefficient (Wildman–Crippen LogP) is 1.01. The van der Waals surface area contributed by atoms with Crippen LogP contribution in [0.25, 0.3) is 0 Å². The molecule has 0 radical (unpaired) electrons. The highest BCUT2D eigenvalue weighted by Crippen LogP contribution is 2.24. The Balaban J connectivity index is 2.09. The van der Waals surface area contributed by atoms with Gasteiger partial charge in [-0.15, -0.1) is 0 Å². The number of nitrogens with zero attached hydrogens (tertiary/aromatic N) is 3. The van der Waals surface area contributed by atoms with E-state index in [1.165, 1.54) is 25.1 Å². The quantitative estimate of drug-likeness (QED) is 0.825. The maximum absolute atomic E-state index is 4.62. The summed E-state index contributed by atoms with van der Waals surface area (Å²) in [6.07, 6.45) is 4.40. The number of hydrogen-bond acceptors (Lipinski definition) is 4. The van der Waals surface area contributed by atoms with E-state index >= 15 is 0 Å². The first-order valence-corrected chi connectivity index (χ1v) is 5.94. The lowest BCUT2D eigenvalue weighted by atomic mass is 9.95. The van der Waals surface area contributed by atoms with E-state index in [0.717, 1.165) is 18.9 Å². The Morgan fingerprint density at radius 2 is 2.44 bits per heavy atom. The lowest BCUT2D eigenvalue weighted by molar-refractivity contribution is 0.248. The smallest absolute Gasteiger partial charge is 0.142 e. The lowest BCUT2D eigenvalue weighted by Gasteiger charge is -2.29. The van der Waals surface area contributed by atoms with Crippen LogP contribution in [0.5, 0.6) is 0 Å². The van der Waals surface area contributed by atoms with Crippen LogP contribution in [0.1, 0.15) is 30.3 Å². The van der Waals surface area contributed by atoms with Gasteiger partial charge in [0.15, 0.2) is 0 Å². The van der Waals surface area contributed by atoms with Crippen molar-refractivity contribution in [1.29, 1.82) is 0 Å². The highest BCUT2D eigenvalue weighted by atomic mass is 15.1. The Morgan fingerprint density at radius 3 is 3.19 bits per heavy atom. The van der Waals surface area contributed by atoms with Gasteiger partial charge in [0.25, 0.3) is 0 Å². The maximum Gasteiger partial charge on any atom is 0.142 e. The summed E-state index contributed by atoms with van der Waals surface area (Å²) in [6, 6.07) is 2.06. The Morgan fingerprint density at radius 1 is 1.56 bits per heavy atom. The number of likely N-dealkylation sites (tertiary alicyclic amines) is 1. The highest BCUT2D eigenvalue weighted by molar-refractivity contribution is 5.10. The fourth-order valence-corrected chi connectivity index (χ4v) is 2.29. The second kappa shape index (κ2) is 5.37. The molecule has 1 aromatic heterocycles. The summed E-state index contributed by atoms with van der Waals surface area (Å²) in [5, 5.41) is 3.09. The minimum absolute atomic E-state index is 0.581. The molecule has 16 heavy (non-hydrogen) atoms. The molecule has 1 atom stereocenters. The first-order valence-electron chi connectivity index (χ1n) is 5.94. The molecule has 0 saturated carbocycles. The van der Waals surface area contributed by atoms with Gasteiger partial charge in [-0.1, -0.05) is 0 Å². The Labute approximate surface area is 97.1 Å². The monoisotopic (exact) mass is 220 g/mol. The summed E-state index contributed by atoms with van der Waals surface area (Å²) in [7, 11) is 4.10. The van der Waals surface area contributed by atoms with Gasteiger partial charge < -0.3 is 10.2 Å². The summed E-state index contributed by atoms with van der Waals surface area (Å²) in [5.74, 6) is 1.48. The van der Waals surface area contributed by atoms with Gasteiger partial charge in [0.2, 0.25) is 0 Å². The largest absolute Gasteiger partial charge is 0.313 e. The van der Waals surface area contributed by atoms with E-state index in [-0.39, 0.29) is 0 Å². The number of piperidine rings is 1. The average molecular weight is 220 g/mol. The van der Waals surface area contributed by atoms with Crippen molar-refractivity contribution in [3.8, 4) is 0 Å². The van der Waals surface area contributed by atoms with E-state index in [4.69, 9.17) is 0 Å². The maximum atomic E-state index is 4.62. The van der Waals surface area contributed by atoms with E-state index in [0.29, 0.717) is 5.92 Å². The molecule has 1 unspecified atom stereocenters. The number of nitrogens with one attached hydrogen (secondary N) is 1. The van der Waals surface area contributed by atoms with Crippen molar-refractivity contribution in [2.75, 3.05) is 27.2 Å². The van der Waals surface area contributed by atoms with Crippen molar-refractivity contribution < 1.29 is 0 Å². The lowest BCUT2D eigenvalue weighted by Crippen LogP contribution is -2.31. The zero-order valence-corrected chi connectivity index (χ0v) is 10.1. The van der Waals surface area contributed by atoms with Gasteiger partial charge in [-0.3, -0.25) is 0 Å². The first-order chi connectivity index (χ1) is 7.79. The number of likely N-dealkylation sites (N-methyl/N-ethyl adjacent to an activating group) is 1. The van der Waals surface area contributed by atoms with Gasteiger partial charge in [-0.2, -0.15) is 0 Å². The van der Waals surface area contributed by atoms with Crippen LogP contribution in [0.3, 0.4) is 0 Å². The van der Waals surface area contributed by atoms with Crippen molar-refractivity contribution in [3.05, 3.63) is 23.8 Å². The van der Waals surface area contributed by atoms with E-state index in [1.54, 1.807) is 0 Å². The van der Waals surface area contributed by atoms with Gasteiger partial charge >= 0.3 is 0 Å². The third kappa shape index (κ3) is 2.77. The summed E-state index contributed by atoms with van der Waals surface area (Å²) >= 11 is 0. The normalized spacial score (nSPS) is 22.2. The van der Waals surface area contributed by atoms with Crippen LogP contribution in [0.4, 0.5) is 0 Å². The summed E-state index contributed by atoms with van der Waals surface area (Å²) in [4.78, 5) is 11.3. The standard InChI is InChI=1S/C12H20N4/c1-13-8-12-14-6-5-11(15-12)10-4-3-7-16(2)9-10/h5-6,10,13H,3-4,7-9H2,1-2H3. The van der Waals surface area contributed by atoms with Crippen molar-refractivity contribution in [2.24, 2.45) is 0 Å². The zero-order valence-electron chi connectivity index (χ0n) is 10.1. The molecular formula is C12H20N4. The average Bonchev–Trinajstić information content (AvgIpc) is 2.30. The van der Waals surface area contributed by atoms with Crippen LogP contribution >= 0.6 is 0 Å². The fraction of sp³-hybridized carbons (Fsp3) is 0.667. The van der Waals surface area contributed by atoms with Gasteiger partial charge in [-0.05, 0) is 39.5 Å². The van der Waals surface area contributed by atoms with Crippen LogP contribution < -0.4 is 5.32 Å². The van der Waals surface area contributed by atoms with Gasteiger partial charge in [-0.25, -0.2) is 9.97 Å². The molecule has 1 aliphatic heterocycles. The highest BCUT2D eigenvalue weighted by Gasteiger charge is 2.20. The summed E-state index contributed by atoms with van der Waals surface area (Å²) < 4.78 is 0. The van der Waals surface area contributed by atoms with E-state index < -0.39 is 0 Å². The molecule has 4 nitrogen and oxygen atoms in total. The van der Waals surface area contributed by atoms with Crippen LogP contribution in [0.15, 0.2) is 12.3 Å². The van der Waals surface area contributed by atoms with E-state index in [9.17, 15) is 0 Å². The Kier molecular flexibility index (Phi) is 3.85. The van der Waals surface area contributed by atoms with Crippen LogP contribution in [-0.2, 0) is 6.54 Å². The predicted molar refractivity (Wildman–Crippen MR) is 64.3 cm³/mol. The molecule has 0 spiro atoms. The third-order valence-corrected chi connectivity index (χ3v) is 3.10. The Bertz CT molecular complexity index is 340. The fourth-order valence-electron chi connectivity index (χ4n) is 2.29. The number of aromatic nitrogens is 2. The number of rotatable bonds is 3. The summed E-state index contributed by atoms with van der Waals surface area (Å²) in [6.45, 7) is 3.08. The molecule has 1 saturated heterocycles. The molecule has 88 valence electrons. The molecular weight excluding hydrogens is 200 g/mol. The second-order valence-electron chi connectivity index (χ2n) is 4.53. The van der Waals surface area contributed by atoms with Crippen molar-refractivity contribution in [1.82, 2.24) is 20.2 Å². The van der Waals surface area contributed by atoms with Gasteiger partial charge in [0.05, 0.1) is 6.54 Å². The third-order valence-electron chi connectivity index (χ3n) is 3.10. The zero-order chi connectivity index (χ0) is 11.4. The van der Waals surface area contributed by atoms with Crippen LogP contribution in [0, 0.1) is 0 Å². The minimum atomic E-state index is 0.581. The molecule has 1 aliphatic rings. The minimum Gasteiger partial charge on any atom is -0.313 e. The van der Waals surface area contributed by atoms with Crippen molar-refractivity contribution in [2.45, 2.75) is 25.3 Å². The Hall–Kier alpha value is -1.00. The molecule has 0 bridgehead atoms. The van der Waals surface area contributed by atoms with Crippen molar-refractivity contribution >= 4 is 0 Å². The van der Waals surface area contributed by atoms with Crippen molar-refractivity contribution in [3.63, 3.8) is 0 Å². The van der Waals surface area contributed by atoms with E-state index in [1.807, 2.05) is 13.2 Å². The molecule has 2 rings (SSSR count). The summed E-state index contributed by atoms with van der Waals surface area (Å²) in [5.41, 5.74) is 1.20. The molecule has 1 N–H and O–H groups in total. The molecule has 4 heteroatoms. The van der Waals surface area contributed by atoms with Gasteiger partial charge in [0.1, 0.15) is 5.82 Å². The van der Waals surface area contributed by atoms with Gasteiger partial charge in [0, 0.05) is 24.4 Å². The molecule has 0 aromatic carbocycles.